The number of hydrogen-bond donors (Lipinski definition) is 1. The van der Waals surface area contributed by atoms with E-state index in [0.29, 0.717) is 26.3 Å². The van der Waals surface area contributed by atoms with Crippen molar-refractivity contribution in [2.24, 2.45) is 23.7 Å². The van der Waals surface area contributed by atoms with E-state index in [-0.39, 0.29) is 17.7 Å². The van der Waals surface area contributed by atoms with Crippen molar-refractivity contribution in [1.29, 1.82) is 0 Å². The van der Waals surface area contributed by atoms with Crippen LogP contribution >= 0.6 is 0 Å². The molecule has 0 aromatic heterocycles. The van der Waals surface area contributed by atoms with Gasteiger partial charge in [0.25, 0.3) is 0 Å². The fourth-order valence-corrected chi connectivity index (χ4v) is 3.44. The molecular weight excluding hydrogens is 274 g/mol. The molecule has 0 saturated heterocycles. The first-order valence-electron chi connectivity index (χ1n) is 7.28. The van der Waals surface area contributed by atoms with Crippen molar-refractivity contribution < 1.29 is 24.2 Å². The first-order chi connectivity index (χ1) is 10.1. The Kier molecular flexibility index (Phi) is 5.36. The predicted octanol–water partition coefficient (Wildman–Crippen LogP) is 0.631. The van der Waals surface area contributed by atoms with E-state index < -0.39 is 17.8 Å². The topological polar surface area (TPSA) is 76.1 Å². The maximum absolute atomic E-state index is 12.8. The number of carbonyl (C=O) groups excluding carboxylic acids is 1. The van der Waals surface area contributed by atoms with Gasteiger partial charge in [-0.3, -0.25) is 9.59 Å². The van der Waals surface area contributed by atoms with Gasteiger partial charge < -0.3 is 19.5 Å². The van der Waals surface area contributed by atoms with Gasteiger partial charge in [0.15, 0.2) is 0 Å². The van der Waals surface area contributed by atoms with Crippen molar-refractivity contribution in [3.8, 4) is 0 Å². The van der Waals surface area contributed by atoms with Crippen LogP contribution in [0.1, 0.15) is 6.42 Å². The molecule has 21 heavy (non-hydrogen) atoms. The third-order valence-electron chi connectivity index (χ3n) is 4.47. The number of methoxy groups -OCH3 is 2. The minimum absolute atomic E-state index is 0.00634. The van der Waals surface area contributed by atoms with Gasteiger partial charge in [-0.2, -0.15) is 0 Å². The Morgan fingerprint density at radius 3 is 2.10 bits per heavy atom. The number of fused-ring (bicyclic) bond motifs is 2. The Morgan fingerprint density at radius 1 is 1.10 bits per heavy atom. The third-order valence-corrected chi connectivity index (χ3v) is 4.47. The summed E-state index contributed by atoms with van der Waals surface area (Å²) < 4.78 is 10.1. The summed E-state index contributed by atoms with van der Waals surface area (Å²) in [6.07, 6.45) is 4.72. The Balaban J connectivity index is 2.11. The zero-order valence-corrected chi connectivity index (χ0v) is 12.5. The number of allylic oxidation sites excluding steroid dienone is 2. The number of amides is 1. The SMILES string of the molecule is COCCN(CCOC)C(=O)[C@H]1[C@H](C(=O)O)[C@@H]2C=C[C@H]1C2. The summed E-state index contributed by atoms with van der Waals surface area (Å²) in [4.78, 5) is 26.0. The van der Waals surface area contributed by atoms with Crippen molar-refractivity contribution in [3.63, 3.8) is 0 Å². The number of aliphatic carboxylic acids is 1. The van der Waals surface area contributed by atoms with Gasteiger partial charge in [0.2, 0.25) is 5.91 Å². The summed E-state index contributed by atoms with van der Waals surface area (Å²) in [6, 6.07) is 0. The zero-order chi connectivity index (χ0) is 15.4. The number of carboxylic acids is 1. The molecule has 1 amide bonds. The fourth-order valence-electron chi connectivity index (χ4n) is 3.44. The van der Waals surface area contributed by atoms with Crippen LogP contribution in [0.5, 0.6) is 0 Å². The smallest absolute Gasteiger partial charge is 0.307 e. The molecule has 2 rings (SSSR count). The van der Waals surface area contributed by atoms with Crippen molar-refractivity contribution in [2.75, 3.05) is 40.5 Å². The van der Waals surface area contributed by atoms with Gasteiger partial charge in [-0.1, -0.05) is 12.2 Å². The summed E-state index contributed by atoms with van der Waals surface area (Å²) in [5.74, 6) is -1.97. The average molecular weight is 297 g/mol. The minimum atomic E-state index is -0.872. The van der Waals surface area contributed by atoms with Crippen molar-refractivity contribution in [1.82, 2.24) is 4.90 Å². The molecule has 1 saturated carbocycles. The van der Waals surface area contributed by atoms with E-state index in [2.05, 4.69) is 0 Å². The van der Waals surface area contributed by atoms with Crippen LogP contribution in [0.15, 0.2) is 12.2 Å². The highest BCUT2D eigenvalue weighted by atomic mass is 16.5. The van der Waals surface area contributed by atoms with Gasteiger partial charge in [-0.05, 0) is 18.3 Å². The summed E-state index contributed by atoms with van der Waals surface area (Å²) in [5.41, 5.74) is 0. The Hall–Kier alpha value is -1.40. The van der Waals surface area contributed by atoms with E-state index in [9.17, 15) is 14.7 Å². The van der Waals surface area contributed by atoms with E-state index >= 15 is 0 Å². The van der Waals surface area contributed by atoms with Crippen molar-refractivity contribution in [3.05, 3.63) is 12.2 Å². The normalized spacial score (nSPS) is 29.8. The molecule has 0 radical (unpaired) electrons. The molecule has 1 N–H and O–H groups in total. The van der Waals surface area contributed by atoms with Crippen molar-refractivity contribution in [2.45, 2.75) is 6.42 Å². The van der Waals surface area contributed by atoms with E-state index in [4.69, 9.17) is 9.47 Å². The second kappa shape index (κ2) is 7.04. The molecule has 0 unspecified atom stereocenters. The molecule has 118 valence electrons. The van der Waals surface area contributed by atoms with Crippen LogP contribution in [0.25, 0.3) is 0 Å². The monoisotopic (exact) mass is 297 g/mol. The fraction of sp³-hybridized carbons (Fsp3) is 0.733. The Labute approximate surface area is 124 Å². The van der Waals surface area contributed by atoms with E-state index in [1.54, 1.807) is 19.1 Å². The highest BCUT2D eigenvalue weighted by molar-refractivity contribution is 5.87. The van der Waals surface area contributed by atoms with Gasteiger partial charge in [-0.25, -0.2) is 0 Å². The standard InChI is InChI=1S/C15H23NO5/c1-20-7-5-16(6-8-21-2)14(17)12-10-3-4-11(9-10)13(12)15(18)19/h3-4,10-13H,5-9H2,1-2H3,(H,18,19)/t10-,11+,12+,13+/m0/s1. The molecule has 4 atom stereocenters. The van der Waals surface area contributed by atoms with Crippen LogP contribution in [-0.2, 0) is 19.1 Å². The maximum atomic E-state index is 12.8. The van der Waals surface area contributed by atoms with E-state index in [0.717, 1.165) is 6.42 Å². The van der Waals surface area contributed by atoms with Gasteiger partial charge in [0.1, 0.15) is 0 Å². The summed E-state index contributed by atoms with van der Waals surface area (Å²) >= 11 is 0. The van der Waals surface area contributed by atoms with Crippen LogP contribution in [0, 0.1) is 23.7 Å². The predicted molar refractivity (Wildman–Crippen MR) is 75.7 cm³/mol. The number of carboxylic acid groups (broad SMARTS) is 1. The lowest BCUT2D eigenvalue weighted by Gasteiger charge is -2.30. The summed E-state index contributed by atoms with van der Waals surface area (Å²) in [5, 5.41) is 9.43. The molecule has 2 aliphatic carbocycles. The van der Waals surface area contributed by atoms with Gasteiger partial charge >= 0.3 is 5.97 Å². The number of rotatable bonds is 8. The number of carbonyl (C=O) groups is 2. The Bertz CT molecular complexity index is 414. The molecule has 0 heterocycles. The highest BCUT2D eigenvalue weighted by Crippen LogP contribution is 2.48. The third kappa shape index (κ3) is 3.27. The molecule has 6 nitrogen and oxygen atoms in total. The maximum Gasteiger partial charge on any atom is 0.307 e. The first-order valence-corrected chi connectivity index (χ1v) is 7.28. The van der Waals surface area contributed by atoms with Crippen LogP contribution in [0.3, 0.4) is 0 Å². The van der Waals surface area contributed by atoms with Gasteiger partial charge in [0.05, 0.1) is 25.0 Å². The molecule has 6 heteroatoms. The van der Waals surface area contributed by atoms with Crippen molar-refractivity contribution >= 4 is 11.9 Å². The average Bonchev–Trinajstić information content (AvgIpc) is 3.07. The molecule has 0 aromatic rings. The lowest BCUT2D eigenvalue weighted by Crippen LogP contribution is -2.45. The first kappa shape index (κ1) is 16.0. The molecule has 1 fully saturated rings. The van der Waals surface area contributed by atoms with E-state index in [1.807, 2.05) is 12.2 Å². The van der Waals surface area contributed by atoms with Gasteiger partial charge in [0, 0.05) is 27.3 Å². The van der Waals surface area contributed by atoms with Crippen LogP contribution in [-0.4, -0.2) is 62.4 Å². The molecule has 0 aliphatic heterocycles. The van der Waals surface area contributed by atoms with Crippen LogP contribution in [0.4, 0.5) is 0 Å². The number of hydrogen-bond acceptors (Lipinski definition) is 4. The van der Waals surface area contributed by atoms with Gasteiger partial charge in [-0.15, -0.1) is 0 Å². The lowest BCUT2D eigenvalue weighted by molar-refractivity contribution is -0.151. The van der Waals surface area contributed by atoms with Crippen LogP contribution in [0.2, 0.25) is 0 Å². The van der Waals surface area contributed by atoms with E-state index in [1.165, 1.54) is 0 Å². The molecule has 0 aromatic carbocycles. The lowest BCUT2D eigenvalue weighted by atomic mass is 9.82. The molecule has 0 spiro atoms. The summed E-state index contributed by atoms with van der Waals surface area (Å²) in [7, 11) is 3.17. The molecule has 2 bridgehead atoms. The molecular formula is C15H23NO5. The quantitative estimate of drug-likeness (QED) is 0.665. The molecule has 2 aliphatic rings. The highest BCUT2D eigenvalue weighted by Gasteiger charge is 2.52. The largest absolute Gasteiger partial charge is 0.481 e. The summed E-state index contributed by atoms with van der Waals surface area (Å²) in [6.45, 7) is 1.79. The van der Waals surface area contributed by atoms with Crippen LogP contribution < -0.4 is 0 Å². The second-order valence-electron chi connectivity index (χ2n) is 5.65. The Morgan fingerprint density at radius 2 is 1.62 bits per heavy atom. The minimum Gasteiger partial charge on any atom is -0.481 e. The number of nitrogens with zero attached hydrogens (tertiary/aromatic N) is 1. The second-order valence-corrected chi connectivity index (χ2v) is 5.65. The number of ether oxygens (including phenoxy) is 2. The zero-order valence-electron chi connectivity index (χ0n) is 12.5.